The molecule has 0 radical (unpaired) electrons. The Hall–Kier alpha value is -2.30. The highest BCUT2D eigenvalue weighted by atomic mass is 16.5. The van der Waals surface area contributed by atoms with Crippen molar-refractivity contribution in [3.63, 3.8) is 0 Å². The van der Waals surface area contributed by atoms with Crippen LogP contribution in [0.4, 0.5) is 5.88 Å². The SMILES string of the molecule is C=Cc1cnc2c(C(=O)OCC)c(N)oc2c1. The van der Waals surface area contributed by atoms with Crippen molar-refractivity contribution in [1.29, 1.82) is 0 Å². The van der Waals surface area contributed by atoms with Gasteiger partial charge in [-0.25, -0.2) is 4.79 Å². The van der Waals surface area contributed by atoms with Crippen LogP contribution >= 0.6 is 0 Å². The van der Waals surface area contributed by atoms with E-state index in [4.69, 9.17) is 14.9 Å². The number of carbonyl (C=O) groups is 1. The van der Waals surface area contributed by atoms with Gasteiger partial charge in [0.15, 0.2) is 5.58 Å². The number of rotatable bonds is 3. The van der Waals surface area contributed by atoms with Gasteiger partial charge in [-0.3, -0.25) is 4.98 Å². The zero-order valence-corrected chi connectivity index (χ0v) is 9.40. The normalized spacial score (nSPS) is 10.4. The van der Waals surface area contributed by atoms with Crippen LogP contribution in [-0.2, 0) is 4.74 Å². The summed E-state index contributed by atoms with van der Waals surface area (Å²) in [7, 11) is 0. The lowest BCUT2D eigenvalue weighted by atomic mass is 10.2. The summed E-state index contributed by atoms with van der Waals surface area (Å²) in [4.78, 5) is 15.8. The van der Waals surface area contributed by atoms with Crippen LogP contribution in [0, 0.1) is 0 Å². The van der Waals surface area contributed by atoms with E-state index in [2.05, 4.69) is 11.6 Å². The molecule has 0 aliphatic heterocycles. The topological polar surface area (TPSA) is 78.3 Å². The average Bonchev–Trinajstić information content (AvgIpc) is 2.64. The number of nitrogen functional groups attached to an aromatic ring is 1. The molecule has 0 atom stereocenters. The number of pyridine rings is 1. The molecule has 0 bridgehead atoms. The van der Waals surface area contributed by atoms with E-state index in [1.165, 1.54) is 0 Å². The Bertz CT molecular complexity index is 587. The number of hydrogen-bond donors (Lipinski definition) is 1. The number of nitrogens with two attached hydrogens (primary N) is 1. The van der Waals surface area contributed by atoms with Gasteiger partial charge in [0.1, 0.15) is 11.1 Å². The molecule has 0 aliphatic rings. The van der Waals surface area contributed by atoms with Crippen LogP contribution in [0.3, 0.4) is 0 Å². The maximum Gasteiger partial charge on any atom is 0.345 e. The fraction of sp³-hybridized carbons (Fsp3) is 0.167. The number of esters is 1. The number of ether oxygens (including phenoxy) is 1. The molecule has 17 heavy (non-hydrogen) atoms. The molecule has 2 aromatic heterocycles. The van der Waals surface area contributed by atoms with Gasteiger partial charge in [0.05, 0.1) is 6.61 Å². The summed E-state index contributed by atoms with van der Waals surface area (Å²) in [6, 6.07) is 1.72. The van der Waals surface area contributed by atoms with Crippen molar-refractivity contribution < 1.29 is 13.9 Å². The molecule has 0 amide bonds. The number of aromatic nitrogens is 1. The summed E-state index contributed by atoms with van der Waals surface area (Å²) in [6.45, 7) is 5.62. The van der Waals surface area contributed by atoms with Crippen LogP contribution in [0.25, 0.3) is 17.2 Å². The minimum absolute atomic E-state index is 0.0205. The molecule has 0 fully saturated rings. The molecule has 0 saturated carbocycles. The van der Waals surface area contributed by atoms with Crippen LogP contribution in [-0.4, -0.2) is 17.6 Å². The van der Waals surface area contributed by atoms with Crippen molar-refractivity contribution in [2.45, 2.75) is 6.92 Å². The highest BCUT2D eigenvalue weighted by Gasteiger charge is 2.21. The van der Waals surface area contributed by atoms with E-state index >= 15 is 0 Å². The number of hydrogen-bond acceptors (Lipinski definition) is 5. The van der Waals surface area contributed by atoms with Gasteiger partial charge in [-0.1, -0.05) is 12.7 Å². The average molecular weight is 232 g/mol. The smallest absolute Gasteiger partial charge is 0.345 e. The molecule has 0 saturated heterocycles. The van der Waals surface area contributed by atoms with Gasteiger partial charge in [-0.05, 0) is 18.6 Å². The van der Waals surface area contributed by atoms with Crippen molar-refractivity contribution >= 4 is 29.0 Å². The maximum atomic E-state index is 11.7. The van der Waals surface area contributed by atoms with Gasteiger partial charge >= 0.3 is 5.97 Å². The first-order chi connectivity index (χ1) is 8.17. The number of anilines is 1. The first-order valence-corrected chi connectivity index (χ1v) is 5.15. The Morgan fingerprint density at radius 2 is 2.47 bits per heavy atom. The monoisotopic (exact) mass is 232 g/mol. The zero-order valence-electron chi connectivity index (χ0n) is 9.40. The van der Waals surface area contributed by atoms with E-state index in [0.717, 1.165) is 5.56 Å². The number of furan rings is 1. The zero-order chi connectivity index (χ0) is 12.4. The summed E-state index contributed by atoms with van der Waals surface area (Å²) in [5.74, 6) is -0.505. The second-order valence-corrected chi connectivity index (χ2v) is 3.38. The second-order valence-electron chi connectivity index (χ2n) is 3.38. The van der Waals surface area contributed by atoms with Gasteiger partial charge < -0.3 is 14.9 Å². The molecule has 0 unspecified atom stereocenters. The Morgan fingerprint density at radius 1 is 1.71 bits per heavy atom. The minimum Gasteiger partial charge on any atom is -0.462 e. The highest BCUT2D eigenvalue weighted by Crippen LogP contribution is 2.27. The quantitative estimate of drug-likeness (QED) is 0.821. The first-order valence-electron chi connectivity index (χ1n) is 5.15. The predicted molar refractivity (Wildman–Crippen MR) is 64.5 cm³/mol. The minimum atomic E-state index is -0.525. The van der Waals surface area contributed by atoms with E-state index in [-0.39, 0.29) is 18.1 Å². The van der Waals surface area contributed by atoms with Crippen molar-refractivity contribution in [3.8, 4) is 0 Å². The number of nitrogens with zero attached hydrogens (tertiary/aromatic N) is 1. The lowest BCUT2D eigenvalue weighted by Gasteiger charge is -1.99. The van der Waals surface area contributed by atoms with Gasteiger partial charge in [0, 0.05) is 6.20 Å². The molecule has 2 N–H and O–H groups in total. The standard InChI is InChI=1S/C12H12N2O3/c1-3-7-5-8-10(14-6-7)9(11(13)17-8)12(15)16-4-2/h3,5-6H,1,4,13H2,2H3. The number of fused-ring (bicyclic) bond motifs is 1. The third-order valence-electron chi connectivity index (χ3n) is 2.29. The summed E-state index contributed by atoms with van der Waals surface area (Å²) in [6.07, 6.45) is 3.22. The molecular weight excluding hydrogens is 220 g/mol. The van der Waals surface area contributed by atoms with E-state index in [1.54, 1.807) is 25.3 Å². The van der Waals surface area contributed by atoms with E-state index in [9.17, 15) is 4.79 Å². The van der Waals surface area contributed by atoms with E-state index < -0.39 is 5.97 Å². The van der Waals surface area contributed by atoms with Crippen molar-refractivity contribution in [2.24, 2.45) is 0 Å². The van der Waals surface area contributed by atoms with Crippen molar-refractivity contribution in [2.75, 3.05) is 12.3 Å². The highest BCUT2D eigenvalue weighted by molar-refractivity contribution is 6.06. The molecular formula is C12H12N2O3. The molecule has 5 nitrogen and oxygen atoms in total. The number of carbonyl (C=O) groups excluding carboxylic acids is 1. The van der Waals surface area contributed by atoms with Gasteiger partial charge in [0.2, 0.25) is 5.88 Å². The Kier molecular flexibility index (Phi) is 2.82. The molecule has 2 aromatic rings. The van der Waals surface area contributed by atoms with Crippen LogP contribution in [0.5, 0.6) is 0 Å². The first kappa shape index (κ1) is 11.2. The summed E-state index contributed by atoms with van der Waals surface area (Å²) >= 11 is 0. The van der Waals surface area contributed by atoms with Crippen molar-refractivity contribution in [1.82, 2.24) is 4.98 Å². The Morgan fingerprint density at radius 3 is 3.12 bits per heavy atom. The Labute approximate surface area is 97.9 Å². The van der Waals surface area contributed by atoms with E-state index in [0.29, 0.717) is 11.1 Å². The van der Waals surface area contributed by atoms with Crippen LogP contribution in [0.15, 0.2) is 23.3 Å². The summed E-state index contributed by atoms with van der Waals surface area (Å²) in [5.41, 5.74) is 7.47. The van der Waals surface area contributed by atoms with Crippen LogP contribution in [0.2, 0.25) is 0 Å². The van der Waals surface area contributed by atoms with E-state index in [1.807, 2.05) is 0 Å². The fourth-order valence-corrected chi connectivity index (χ4v) is 1.52. The molecule has 88 valence electrons. The third kappa shape index (κ3) is 1.87. The fourth-order valence-electron chi connectivity index (χ4n) is 1.52. The molecule has 0 aromatic carbocycles. The summed E-state index contributed by atoms with van der Waals surface area (Å²) in [5, 5.41) is 0. The lowest BCUT2D eigenvalue weighted by Crippen LogP contribution is -2.06. The summed E-state index contributed by atoms with van der Waals surface area (Å²) < 4.78 is 10.2. The van der Waals surface area contributed by atoms with Crippen LogP contribution in [0.1, 0.15) is 22.8 Å². The molecule has 2 rings (SSSR count). The van der Waals surface area contributed by atoms with Gasteiger partial charge in [0.25, 0.3) is 0 Å². The molecule has 0 spiro atoms. The predicted octanol–water partition coefficient (Wildman–Crippen LogP) is 2.23. The van der Waals surface area contributed by atoms with Gasteiger partial charge in [-0.15, -0.1) is 0 Å². The maximum absolute atomic E-state index is 11.7. The molecule has 0 aliphatic carbocycles. The largest absolute Gasteiger partial charge is 0.462 e. The third-order valence-corrected chi connectivity index (χ3v) is 2.29. The Balaban J connectivity index is 2.60. The molecule has 2 heterocycles. The van der Waals surface area contributed by atoms with Gasteiger partial charge in [-0.2, -0.15) is 0 Å². The van der Waals surface area contributed by atoms with Crippen LogP contribution < -0.4 is 5.73 Å². The lowest BCUT2D eigenvalue weighted by molar-refractivity contribution is 0.0529. The molecule has 5 heteroatoms. The van der Waals surface area contributed by atoms with Crippen molar-refractivity contribution in [3.05, 3.63) is 30.0 Å². The second kappa shape index (κ2) is 4.29.